The summed E-state index contributed by atoms with van der Waals surface area (Å²) < 4.78 is 32.2. The number of rotatable bonds is 2. The molecule has 5 nitrogen and oxygen atoms in total. The fourth-order valence-corrected chi connectivity index (χ4v) is 2.91. The third kappa shape index (κ3) is 3.42. The largest absolute Gasteiger partial charge is 0.311 e. The summed E-state index contributed by atoms with van der Waals surface area (Å²) in [5.41, 5.74) is 1.14. The Bertz CT molecular complexity index is 721. The number of hydrogen-bond donors (Lipinski definition) is 0. The molecule has 1 unspecified atom stereocenters. The molecule has 2 saturated heterocycles. The van der Waals surface area contributed by atoms with Gasteiger partial charge in [-0.25, -0.2) is 13.7 Å². The number of hydrogen-bond acceptors (Lipinski definition) is 5. The van der Waals surface area contributed by atoms with E-state index in [0.29, 0.717) is 24.0 Å². The molecule has 0 radical (unpaired) electrons. The van der Waals surface area contributed by atoms with Gasteiger partial charge in [-0.05, 0) is 30.7 Å². The van der Waals surface area contributed by atoms with Gasteiger partial charge in [-0.1, -0.05) is 24.3 Å². The highest BCUT2D eigenvalue weighted by Crippen LogP contribution is 2.42. The Hall–Kier alpha value is -1.90. The van der Waals surface area contributed by atoms with Crippen LogP contribution in [0.1, 0.15) is 36.7 Å². The molecule has 0 aromatic heterocycles. The maximum absolute atomic E-state index is 13.2. The molecule has 7 heteroatoms. The van der Waals surface area contributed by atoms with E-state index in [-0.39, 0.29) is 11.6 Å². The Kier molecular flexibility index (Phi) is 4.49. The van der Waals surface area contributed by atoms with Gasteiger partial charge in [0, 0.05) is 24.0 Å². The van der Waals surface area contributed by atoms with Crippen LogP contribution in [0.4, 0.5) is 8.78 Å². The average Bonchev–Trinajstić information content (AvgIpc) is 2.62. The average molecular weight is 350 g/mol. The van der Waals surface area contributed by atoms with Crippen molar-refractivity contribution >= 4 is 0 Å². The van der Waals surface area contributed by atoms with Gasteiger partial charge >= 0.3 is 0 Å². The summed E-state index contributed by atoms with van der Waals surface area (Å²) in [5, 5.41) is 0. The highest BCUT2D eigenvalue weighted by Gasteiger charge is 2.45. The van der Waals surface area contributed by atoms with Crippen LogP contribution < -0.4 is 0 Å². The minimum Gasteiger partial charge on any atom is -0.311 e. The Morgan fingerprint density at radius 3 is 2.24 bits per heavy atom. The van der Waals surface area contributed by atoms with Crippen LogP contribution in [0.25, 0.3) is 0 Å². The van der Waals surface area contributed by atoms with Crippen molar-refractivity contribution in [1.82, 2.24) is 0 Å². The van der Waals surface area contributed by atoms with Crippen LogP contribution in [-0.2, 0) is 30.1 Å². The zero-order valence-electron chi connectivity index (χ0n) is 13.2. The van der Waals surface area contributed by atoms with Crippen LogP contribution in [0.15, 0.2) is 48.5 Å². The Labute approximate surface area is 142 Å². The highest BCUT2D eigenvalue weighted by molar-refractivity contribution is 5.22. The van der Waals surface area contributed by atoms with Gasteiger partial charge in [-0.15, -0.1) is 0 Å². The first-order chi connectivity index (χ1) is 12.1. The van der Waals surface area contributed by atoms with Gasteiger partial charge in [0.15, 0.2) is 6.29 Å². The lowest BCUT2D eigenvalue weighted by Gasteiger charge is -2.41. The van der Waals surface area contributed by atoms with Crippen molar-refractivity contribution < 1.29 is 33.1 Å². The van der Waals surface area contributed by atoms with Gasteiger partial charge in [-0.2, -0.15) is 14.7 Å². The molecule has 2 aliphatic heterocycles. The fraction of sp³-hybridized carbons (Fsp3) is 0.333. The first-order valence-corrected chi connectivity index (χ1v) is 8.01. The Balaban J connectivity index is 1.61. The van der Waals surface area contributed by atoms with Crippen LogP contribution in [0.5, 0.6) is 0 Å². The Morgan fingerprint density at radius 1 is 0.840 bits per heavy atom. The van der Waals surface area contributed by atoms with E-state index in [1.807, 2.05) is 0 Å². The van der Waals surface area contributed by atoms with Crippen molar-refractivity contribution in [2.75, 3.05) is 0 Å². The zero-order valence-corrected chi connectivity index (χ0v) is 13.2. The van der Waals surface area contributed by atoms with E-state index in [9.17, 15) is 8.78 Å². The maximum Gasteiger partial charge on any atom is 0.249 e. The zero-order chi connectivity index (χ0) is 17.3. The molecule has 0 spiro atoms. The quantitative estimate of drug-likeness (QED) is 0.758. The van der Waals surface area contributed by atoms with E-state index in [4.69, 9.17) is 24.3 Å². The molecule has 2 aliphatic rings. The lowest BCUT2D eigenvalue weighted by molar-refractivity contribution is -0.593. The molecule has 2 heterocycles. The SMILES string of the molecule is Fc1ccc(C2OO[C@H]3CCC[C@@](c4ccc(F)cc4)(OO2)O3)cc1. The van der Waals surface area contributed by atoms with Crippen LogP contribution in [0.3, 0.4) is 0 Å². The molecule has 4 rings (SSSR count). The van der Waals surface area contributed by atoms with E-state index >= 15 is 0 Å². The van der Waals surface area contributed by atoms with E-state index in [2.05, 4.69) is 0 Å². The van der Waals surface area contributed by atoms with Gasteiger partial charge in [0.05, 0.1) is 0 Å². The molecule has 25 heavy (non-hydrogen) atoms. The van der Waals surface area contributed by atoms with Crippen LogP contribution >= 0.6 is 0 Å². The van der Waals surface area contributed by atoms with Gasteiger partial charge in [0.2, 0.25) is 12.1 Å². The first kappa shape index (κ1) is 16.6. The summed E-state index contributed by atoms with van der Waals surface area (Å²) in [7, 11) is 0. The topological polar surface area (TPSA) is 46.2 Å². The maximum atomic E-state index is 13.2. The van der Waals surface area contributed by atoms with Crippen molar-refractivity contribution in [2.45, 2.75) is 37.6 Å². The van der Waals surface area contributed by atoms with Gasteiger partial charge < -0.3 is 4.74 Å². The molecular formula is C18H16F2O5. The lowest BCUT2D eigenvalue weighted by atomic mass is 9.97. The highest BCUT2D eigenvalue weighted by atomic mass is 19.1. The molecular weight excluding hydrogens is 334 g/mol. The predicted octanol–water partition coefficient (Wildman–Crippen LogP) is 4.25. The Morgan fingerprint density at radius 2 is 1.52 bits per heavy atom. The second-order valence-electron chi connectivity index (χ2n) is 5.95. The summed E-state index contributed by atoms with van der Waals surface area (Å²) in [6.45, 7) is 0. The van der Waals surface area contributed by atoms with Crippen LogP contribution in [0, 0.1) is 11.6 Å². The molecule has 2 bridgehead atoms. The predicted molar refractivity (Wildman–Crippen MR) is 80.3 cm³/mol. The smallest absolute Gasteiger partial charge is 0.249 e. The summed E-state index contributed by atoms with van der Waals surface area (Å²) in [6, 6.07) is 11.4. The van der Waals surface area contributed by atoms with E-state index in [0.717, 1.165) is 6.42 Å². The van der Waals surface area contributed by atoms with Crippen molar-refractivity contribution in [1.29, 1.82) is 0 Å². The minimum absolute atomic E-state index is 0.358. The normalized spacial score (nSPS) is 29.7. The van der Waals surface area contributed by atoms with Gasteiger partial charge in [-0.3, -0.25) is 0 Å². The number of benzene rings is 2. The van der Waals surface area contributed by atoms with Gasteiger partial charge in [0.1, 0.15) is 11.6 Å². The monoisotopic (exact) mass is 350 g/mol. The number of fused-ring (bicyclic) bond motifs is 2. The molecule has 2 aromatic rings. The molecule has 0 amide bonds. The minimum atomic E-state index is -1.22. The number of ether oxygens (including phenoxy) is 1. The number of halogens is 2. The summed E-state index contributed by atoms with van der Waals surface area (Å²) >= 11 is 0. The molecule has 2 aromatic carbocycles. The molecule has 0 saturated carbocycles. The van der Waals surface area contributed by atoms with Crippen LogP contribution in [-0.4, -0.2) is 6.29 Å². The first-order valence-electron chi connectivity index (χ1n) is 8.01. The molecule has 2 fully saturated rings. The third-order valence-corrected chi connectivity index (χ3v) is 4.21. The van der Waals surface area contributed by atoms with Gasteiger partial charge in [0.25, 0.3) is 0 Å². The second kappa shape index (κ2) is 6.78. The summed E-state index contributed by atoms with van der Waals surface area (Å²) in [5.74, 6) is -1.96. The third-order valence-electron chi connectivity index (χ3n) is 4.21. The van der Waals surface area contributed by atoms with E-state index < -0.39 is 18.4 Å². The lowest BCUT2D eigenvalue weighted by Crippen LogP contribution is -2.44. The fourth-order valence-electron chi connectivity index (χ4n) is 2.91. The molecule has 132 valence electrons. The summed E-state index contributed by atoms with van der Waals surface area (Å²) in [6.07, 6.45) is 0.197. The van der Waals surface area contributed by atoms with E-state index in [1.165, 1.54) is 36.4 Å². The molecule has 3 atom stereocenters. The van der Waals surface area contributed by atoms with Crippen LogP contribution in [0.2, 0.25) is 0 Å². The standard InChI is InChI=1S/C18H16F2O5/c19-14-7-3-12(4-8-14)17-23-22-16-2-1-11-18(21-16,25-24-17)13-5-9-15(20)10-6-13/h3-10,16-17H,1-2,11H2/t16-,17?,18-/m0/s1. The summed E-state index contributed by atoms with van der Waals surface area (Å²) in [4.78, 5) is 21.6. The van der Waals surface area contributed by atoms with Crippen molar-refractivity contribution in [2.24, 2.45) is 0 Å². The van der Waals surface area contributed by atoms with E-state index in [1.54, 1.807) is 12.1 Å². The van der Waals surface area contributed by atoms with Crippen molar-refractivity contribution in [3.63, 3.8) is 0 Å². The molecule has 0 aliphatic carbocycles. The molecule has 0 N–H and O–H groups in total. The second-order valence-corrected chi connectivity index (χ2v) is 5.95. The van der Waals surface area contributed by atoms with Crippen molar-refractivity contribution in [3.05, 3.63) is 71.3 Å². The van der Waals surface area contributed by atoms with Crippen molar-refractivity contribution in [3.8, 4) is 0 Å².